The summed E-state index contributed by atoms with van der Waals surface area (Å²) < 4.78 is 25.0. The van der Waals surface area contributed by atoms with Gasteiger partial charge in [0.2, 0.25) is 0 Å². The molecular formula is C18H20N4O2S. The number of pyridine rings is 1. The second-order valence-electron chi connectivity index (χ2n) is 6.01. The van der Waals surface area contributed by atoms with Gasteiger partial charge >= 0.3 is 0 Å². The summed E-state index contributed by atoms with van der Waals surface area (Å²) in [5, 5.41) is 7.45. The van der Waals surface area contributed by atoms with E-state index < -0.39 is 9.84 Å². The number of nitrogens with zero attached hydrogens (tertiary/aromatic N) is 3. The van der Waals surface area contributed by atoms with Crippen molar-refractivity contribution in [1.29, 1.82) is 0 Å². The Morgan fingerprint density at radius 2 is 1.84 bits per heavy atom. The molecule has 2 heterocycles. The van der Waals surface area contributed by atoms with Crippen LogP contribution in [-0.4, -0.2) is 29.4 Å². The van der Waals surface area contributed by atoms with E-state index >= 15 is 0 Å². The molecule has 1 N–H and O–H groups in total. The topological polar surface area (TPSA) is 76.9 Å². The van der Waals surface area contributed by atoms with Gasteiger partial charge in [0.25, 0.3) is 0 Å². The first-order valence-corrected chi connectivity index (χ1v) is 9.72. The van der Waals surface area contributed by atoms with Gasteiger partial charge in [0.15, 0.2) is 9.84 Å². The lowest BCUT2D eigenvalue weighted by atomic mass is 10.1. The second kappa shape index (κ2) is 6.68. The SMILES string of the molecule is Cc1cc(NCc2ccnn2C)nc(-c2ccc(S(C)(=O)=O)cc2)c1. The third-order valence-electron chi connectivity index (χ3n) is 3.92. The summed E-state index contributed by atoms with van der Waals surface area (Å²) in [5.74, 6) is 0.767. The van der Waals surface area contributed by atoms with E-state index in [0.717, 1.165) is 28.3 Å². The van der Waals surface area contributed by atoms with Gasteiger partial charge in [0.05, 0.1) is 22.8 Å². The number of aromatic nitrogens is 3. The van der Waals surface area contributed by atoms with Crippen molar-refractivity contribution in [2.24, 2.45) is 7.05 Å². The molecular weight excluding hydrogens is 336 g/mol. The van der Waals surface area contributed by atoms with Gasteiger partial charge in [-0.15, -0.1) is 0 Å². The van der Waals surface area contributed by atoms with E-state index in [1.54, 1.807) is 30.5 Å². The molecule has 0 saturated heterocycles. The van der Waals surface area contributed by atoms with Crippen LogP contribution in [0.25, 0.3) is 11.3 Å². The van der Waals surface area contributed by atoms with Crippen LogP contribution >= 0.6 is 0 Å². The van der Waals surface area contributed by atoms with Gasteiger partial charge in [-0.25, -0.2) is 13.4 Å². The fourth-order valence-corrected chi connectivity index (χ4v) is 3.16. The highest BCUT2D eigenvalue weighted by Gasteiger charge is 2.09. The first-order valence-electron chi connectivity index (χ1n) is 7.83. The standard InChI is InChI=1S/C18H20N4O2S/c1-13-10-17(14-4-6-16(7-5-14)25(3,23)24)21-18(11-13)19-12-15-8-9-20-22(15)2/h4-11H,12H2,1-3H3,(H,19,21). The molecule has 7 heteroatoms. The lowest BCUT2D eigenvalue weighted by Gasteiger charge is -2.10. The molecule has 0 unspecified atom stereocenters. The molecule has 0 amide bonds. The Kier molecular flexibility index (Phi) is 4.59. The van der Waals surface area contributed by atoms with E-state index in [1.807, 2.05) is 36.9 Å². The molecule has 0 aliphatic heterocycles. The number of hydrogen-bond donors (Lipinski definition) is 1. The fraction of sp³-hybridized carbons (Fsp3) is 0.222. The summed E-state index contributed by atoms with van der Waals surface area (Å²) in [6.07, 6.45) is 2.96. The summed E-state index contributed by atoms with van der Waals surface area (Å²) in [6, 6.07) is 12.7. The summed E-state index contributed by atoms with van der Waals surface area (Å²) in [6.45, 7) is 2.63. The monoisotopic (exact) mass is 356 g/mol. The molecule has 2 aromatic heterocycles. The second-order valence-corrected chi connectivity index (χ2v) is 8.03. The smallest absolute Gasteiger partial charge is 0.175 e. The lowest BCUT2D eigenvalue weighted by Crippen LogP contribution is -2.07. The van der Waals surface area contributed by atoms with Gasteiger partial charge in [-0.2, -0.15) is 5.10 Å². The van der Waals surface area contributed by atoms with E-state index in [1.165, 1.54) is 6.26 Å². The molecule has 25 heavy (non-hydrogen) atoms. The molecule has 0 aliphatic rings. The van der Waals surface area contributed by atoms with Crippen LogP contribution in [0.15, 0.2) is 53.6 Å². The Morgan fingerprint density at radius 3 is 2.44 bits per heavy atom. The van der Waals surface area contributed by atoms with Crippen molar-refractivity contribution in [3.63, 3.8) is 0 Å². The van der Waals surface area contributed by atoms with E-state index in [-0.39, 0.29) is 0 Å². The fourth-order valence-electron chi connectivity index (χ4n) is 2.53. The summed E-state index contributed by atoms with van der Waals surface area (Å²) >= 11 is 0. The van der Waals surface area contributed by atoms with Crippen molar-refractivity contribution in [2.45, 2.75) is 18.4 Å². The van der Waals surface area contributed by atoms with Gasteiger partial charge in [0, 0.05) is 25.1 Å². The average molecular weight is 356 g/mol. The minimum Gasteiger partial charge on any atom is -0.364 e. The maximum Gasteiger partial charge on any atom is 0.175 e. The lowest BCUT2D eigenvalue weighted by molar-refractivity contribution is 0.602. The molecule has 130 valence electrons. The Bertz CT molecular complexity index is 992. The Morgan fingerprint density at radius 1 is 1.12 bits per heavy atom. The predicted octanol–water partition coefficient (Wildman–Crippen LogP) is 2.81. The Labute approximate surface area is 147 Å². The molecule has 0 fully saturated rings. The number of hydrogen-bond acceptors (Lipinski definition) is 5. The van der Waals surface area contributed by atoms with E-state index in [9.17, 15) is 8.42 Å². The zero-order chi connectivity index (χ0) is 18.0. The predicted molar refractivity (Wildman–Crippen MR) is 98.1 cm³/mol. The number of benzene rings is 1. The highest BCUT2D eigenvalue weighted by atomic mass is 32.2. The van der Waals surface area contributed by atoms with Crippen LogP contribution in [0.5, 0.6) is 0 Å². The van der Waals surface area contributed by atoms with Crippen molar-refractivity contribution in [3.05, 3.63) is 59.9 Å². The highest BCUT2D eigenvalue weighted by Crippen LogP contribution is 2.23. The molecule has 3 aromatic rings. The maximum absolute atomic E-state index is 11.6. The zero-order valence-corrected chi connectivity index (χ0v) is 15.2. The average Bonchev–Trinajstić information content (AvgIpc) is 2.97. The van der Waals surface area contributed by atoms with Gasteiger partial charge in [0.1, 0.15) is 5.82 Å². The normalized spacial score (nSPS) is 11.5. The highest BCUT2D eigenvalue weighted by molar-refractivity contribution is 7.90. The van der Waals surface area contributed by atoms with Gasteiger partial charge in [-0.05, 0) is 42.8 Å². The first kappa shape index (κ1) is 17.2. The minimum atomic E-state index is -3.20. The van der Waals surface area contributed by atoms with Gasteiger partial charge < -0.3 is 5.32 Å². The molecule has 0 atom stereocenters. The van der Waals surface area contributed by atoms with Crippen molar-refractivity contribution in [1.82, 2.24) is 14.8 Å². The number of aryl methyl sites for hydroxylation is 2. The molecule has 0 saturated carbocycles. The largest absolute Gasteiger partial charge is 0.364 e. The van der Waals surface area contributed by atoms with Gasteiger partial charge in [-0.3, -0.25) is 4.68 Å². The molecule has 6 nitrogen and oxygen atoms in total. The Balaban J connectivity index is 1.85. The first-order chi connectivity index (χ1) is 11.8. The summed E-state index contributed by atoms with van der Waals surface area (Å²) in [5.41, 5.74) is 3.80. The van der Waals surface area contributed by atoms with Crippen LogP contribution in [0.4, 0.5) is 5.82 Å². The van der Waals surface area contributed by atoms with Crippen LogP contribution in [0.1, 0.15) is 11.3 Å². The van der Waals surface area contributed by atoms with E-state index in [2.05, 4.69) is 15.4 Å². The zero-order valence-electron chi connectivity index (χ0n) is 14.4. The van der Waals surface area contributed by atoms with Crippen LogP contribution < -0.4 is 5.32 Å². The van der Waals surface area contributed by atoms with Crippen molar-refractivity contribution >= 4 is 15.7 Å². The molecule has 1 aromatic carbocycles. The van der Waals surface area contributed by atoms with Crippen molar-refractivity contribution < 1.29 is 8.42 Å². The molecule has 0 radical (unpaired) electrons. The van der Waals surface area contributed by atoms with Crippen LogP contribution in [0, 0.1) is 6.92 Å². The van der Waals surface area contributed by atoms with Crippen LogP contribution in [0.3, 0.4) is 0 Å². The number of anilines is 1. The third-order valence-corrected chi connectivity index (χ3v) is 5.05. The van der Waals surface area contributed by atoms with Crippen molar-refractivity contribution in [2.75, 3.05) is 11.6 Å². The molecule has 3 rings (SSSR count). The number of rotatable bonds is 5. The third kappa shape index (κ3) is 4.06. The molecule has 0 bridgehead atoms. The van der Waals surface area contributed by atoms with Crippen LogP contribution in [-0.2, 0) is 23.4 Å². The van der Waals surface area contributed by atoms with Crippen molar-refractivity contribution in [3.8, 4) is 11.3 Å². The van der Waals surface area contributed by atoms with Gasteiger partial charge in [-0.1, -0.05) is 12.1 Å². The Hall–Kier alpha value is -2.67. The summed E-state index contributed by atoms with van der Waals surface area (Å²) in [7, 11) is -1.30. The minimum absolute atomic E-state index is 0.304. The van der Waals surface area contributed by atoms with Crippen LogP contribution in [0.2, 0.25) is 0 Å². The quantitative estimate of drug-likeness (QED) is 0.761. The number of nitrogens with one attached hydrogen (secondary N) is 1. The number of sulfone groups is 1. The van der Waals surface area contributed by atoms with E-state index in [0.29, 0.717) is 11.4 Å². The summed E-state index contributed by atoms with van der Waals surface area (Å²) in [4.78, 5) is 4.94. The molecule has 0 aliphatic carbocycles. The molecule has 0 spiro atoms. The maximum atomic E-state index is 11.6. The van der Waals surface area contributed by atoms with E-state index in [4.69, 9.17) is 0 Å².